The Morgan fingerprint density at radius 1 is 1.29 bits per heavy atom. The first-order valence-corrected chi connectivity index (χ1v) is 6.35. The Hall–Kier alpha value is -1.35. The normalized spacial score (nSPS) is 20.8. The zero-order valence-corrected chi connectivity index (χ0v) is 10.2. The third-order valence-electron chi connectivity index (χ3n) is 3.92. The highest BCUT2D eigenvalue weighted by molar-refractivity contribution is 5.98. The van der Waals surface area contributed by atoms with Gasteiger partial charge in [0.1, 0.15) is 0 Å². The summed E-state index contributed by atoms with van der Waals surface area (Å²) in [6.07, 6.45) is 2.42. The second-order valence-corrected chi connectivity index (χ2v) is 5.10. The summed E-state index contributed by atoms with van der Waals surface area (Å²) >= 11 is 0. The van der Waals surface area contributed by atoms with Gasteiger partial charge in [0.2, 0.25) is 0 Å². The van der Waals surface area contributed by atoms with Crippen molar-refractivity contribution in [1.29, 1.82) is 0 Å². The molecule has 2 aliphatic rings. The summed E-state index contributed by atoms with van der Waals surface area (Å²) in [7, 11) is 1.87. The minimum atomic E-state index is 0.164. The molecule has 3 nitrogen and oxygen atoms in total. The number of amides is 1. The molecule has 0 spiro atoms. The van der Waals surface area contributed by atoms with Crippen molar-refractivity contribution in [3.63, 3.8) is 0 Å². The molecular formula is C14H18N2O. The van der Waals surface area contributed by atoms with E-state index in [1.807, 2.05) is 13.1 Å². The lowest BCUT2D eigenvalue weighted by atomic mass is 9.88. The first-order chi connectivity index (χ1) is 8.25. The fourth-order valence-electron chi connectivity index (χ4n) is 2.90. The van der Waals surface area contributed by atoms with Crippen LogP contribution < -0.4 is 5.32 Å². The standard InChI is InChI=1S/C14H18N2O/c1-16-9-12-8-11(2-3-13(12)14(16)17)10-4-6-15-7-5-10/h2-3,8,10,15H,4-7,9H2,1H3. The number of nitrogens with one attached hydrogen (secondary N) is 1. The average Bonchev–Trinajstić information content (AvgIpc) is 2.66. The van der Waals surface area contributed by atoms with Crippen LogP contribution >= 0.6 is 0 Å². The van der Waals surface area contributed by atoms with E-state index in [0.29, 0.717) is 5.92 Å². The van der Waals surface area contributed by atoms with Gasteiger partial charge in [-0.3, -0.25) is 4.79 Å². The van der Waals surface area contributed by atoms with Crippen LogP contribution in [0.2, 0.25) is 0 Å². The number of nitrogens with zero attached hydrogens (tertiary/aromatic N) is 1. The molecule has 0 aliphatic carbocycles. The second-order valence-electron chi connectivity index (χ2n) is 5.10. The maximum atomic E-state index is 11.8. The summed E-state index contributed by atoms with van der Waals surface area (Å²) in [5.41, 5.74) is 3.51. The van der Waals surface area contributed by atoms with Crippen molar-refractivity contribution in [2.24, 2.45) is 0 Å². The molecule has 1 fully saturated rings. The van der Waals surface area contributed by atoms with E-state index in [1.165, 1.54) is 24.0 Å². The molecule has 1 N–H and O–H groups in total. The molecule has 3 heteroatoms. The van der Waals surface area contributed by atoms with E-state index < -0.39 is 0 Å². The molecule has 0 atom stereocenters. The second kappa shape index (κ2) is 4.15. The number of rotatable bonds is 1. The van der Waals surface area contributed by atoms with Gasteiger partial charge >= 0.3 is 0 Å². The monoisotopic (exact) mass is 230 g/mol. The van der Waals surface area contributed by atoms with E-state index in [9.17, 15) is 4.79 Å². The lowest BCUT2D eigenvalue weighted by Gasteiger charge is -2.23. The highest BCUT2D eigenvalue weighted by Gasteiger charge is 2.25. The van der Waals surface area contributed by atoms with Crippen molar-refractivity contribution in [3.8, 4) is 0 Å². The Balaban J connectivity index is 1.89. The number of fused-ring (bicyclic) bond motifs is 1. The van der Waals surface area contributed by atoms with Crippen LogP contribution in [0.3, 0.4) is 0 Å². The predicted octanol–water partition coefficient (Wildman–Crippen LogP) is 1.74. The molecule has 1 saturated heterocycles. The van der Waals surface area contributed by atoms with Gasteiger partial charge in [0.15, 0.2) is 0 Å². The fourth-order valence-corrected chi connectivity index (χ4v) is 2.90. The first kappa shape index (κ1) is 10.8. The number of piperidine rings is 1. The average molecular weight is 230 g/mol. The quantitative estimate of drug-likeness (QED) is 0.797. The molecule has 0 radical (unpaired) electrons. The van der Waals surface area contributed by atoms with Gasteiger partial charge in [-0.05, 0) is 49.0 Å². The molecule has 2 aliphatic heterocycles. The number of hydrogen-bond acceptors (Lipinski definition) is 2. The van der Waals surface area contributed by atoms with Gasteiger partial charge in [0.05, 0.1) is 0 Å². The minimum absolute atomic E-state index is 0.164. The first-order valence-electron chi connectivity index (χ1n) is 6.35. The molecule has 0 aromatic heterocycles. The van der Waals surface area contributed by atoms with Gasteiger partial charge in [-0.2, -0.15) is 0 Å². The number of carbonyl (C=O) groups excluding carboxylic acids is 1. The molecule has 1 aromatic carbocycles. The lowest BCUT2D eigenvalue weighted by molar-refractivity contribution is 0.0816. The Morgan fingerprint density at radius 2 is 2.06 bits per heavy atom. The molecule has 17 heavy (non-hydrogen) atoms. The number of benzene rings is 1. The molecule has 0 unspecified atom stereocenters. The lowest BCUT2D eigenvalue weighted by Crippen LogP contribution is -2.26. The van der Waals surface area contributed by atoms with Crippen LogP contribution in [0, 0.1) is 0 Å². The summed E-state index contributed by atoms with van der Waals surface area (Å²) in [6, 6.07) is 6.40. The van der Waals surface area contributed by atoms with Gasteiger partial charge in [0, 0.05) is 19.2 Å². The van der Waals surface area contributed by atoms with E-state index in [0.717, 1.165) is 25.2 Å². The van der Waals surface area contributed by atoms with E-state index in [-0.39, 0.29) is 5.91 Å². The van der Waals surface area contributed by atoms with Crippen molar-refractivity contribution in [1.82, 2.24) is 10.2 Å². The van der Waals surface area contributed by atoms with Crippen LogP contribution in [-0.4, -0.2) is 30.9 Å². The SMILES string of the molecule is CN1Cc2cc(C3CCNCC3)ccc2C1=O. The van der Waals surface area contributed by atoms with Gasteiger partial charge in [-0.25, -0.2) is 0 Å². The smallest absolute Gasteiger partial charge is 0.254 e. The van der Waals surface area contributed by atoms with E-state index in [4.69, 9.17) is 0 Å². The molecule has 0 saturated carbocycles. The van der Waals surface area contributed by atoms with Crippen LogP contribution in [-0.2, 0) is 6.54 Å². The van der Waals surface area contributed by atoms with Crippen molar-refractivity contribution < 1.29 is 4.79 Å². The number of hydrogen-bond donors (Lipinski definition) is 1. The van der Waals surface area contributed by atoms with E-state index in [1.54, 1.807) is 4.90 Å². The Labute approximate surface area is 102 Å². The highest BCUT2D eigenvalue weighted by Crippen LogP contribution is 2.29. The van der Waals surface area contributed by atoms with Crippen molar-refractivity contribution in [2.75, 3.05) is 20.1 Å². The van der Waals surface area contributed by atoms with E-state index in [2.05, 4.69) is 17.4 Å². The summed E-state index contributed by atoms with van der Waals surface area (Å²) < 4.78 is 0. The topological polar surface area (TPSA) is 32.3 Å². The zero-order valence-electron chi connectivity index (χ0n) is 10.2. The molecule has 2 heterocycles. The molecule has 0 bridgehead atoms. The third kappa shape index (κ3) is 1.84. The van der Waals surface area contributed by atoms with Crippen LogP contribution in [0.4, 0.5) is 0 Å². The minimum Gasteiger partial charge on any atom is -0.337 e. The van der Waals surface area contributed by atoms with Crippen LogP contribution in [0.1, 0.15) is 40.2 Å². The Kier molecular flexibility index (Phi) is 2.63. The summed E-state index contributed by atoms with van der Waals surface area (Å²) in [4.78, 5) is 13.6. The molecular weight excluding hydrogens is 212 g/mol. The van der Waals surface area contributed by atoms with Gasteiger partial charge in [0.25, 0.3) is 5.91 Å². The van der Waals surface area contributed by atoms with Crippen LogP contribution in [0.15, 0.2) is 18.2 Å². The maximum absolute atomic E-state index is 11.8. The molecule has 3 rings (SSSR count). The third-order valence-corrected chi connectivity index (χ3v) is 3.92. The van der Waals surface area contributed by atoms with Crippen molar-refractivity contribution in [3.05, 3.63) is 34.9 Å². The van der Waals surface area contributed by atoms with Gasteiger partial charge < -0.3 is 10.2 Å². The fraction of sp³-hybridized carbons (Fsp3) is 0.500. The Morgan fingerprint density at radius 3 is 2.82 bits per heavy atom. The molecule has 1 amide bonds. The summed E-state index contributed by atoms with van der Waals surface area (Å²) in [6.45, 7) is 2.99. The number of carbonyl (C=O) groups is 1. The maximum Gasteiger partial charge on any atom is 0.254 e. The largest absolute Gasteiger partial charge is 0.337 e. The van der Waals surface area contributed by atoms with Crippen molar-refractivity contribution in [2.45, 2.75) is 25.3 Å². The van der Waals surface area contributed by atoms with Crippen LogP contribution in [0.25, 0.3) is 0 Å². The summed E-state index contributed by atoms with van der Waals surface area (Å²) in [5.74, 6) is 0.833. The Bertz CT molecular complexity index is 450. The predicted molar refractivity (Wildman–Crippen MR) is 67.1 cm³/mol. The summed E-state index contributed by atoms with van der Waals surface area (Å²) in [5, 5.41) is 3.39. The zero-order chi connectivity index (χ0) is 11.8. The van der Waals surface area contributed by atoms with Crippen LogP contribution in [0.5, 0.6) is 0 Å². The van der Waals surface area contributed by atoms with Gasteiger partial charge in [-0.1, -0.05) is 12.1 Å². The highest BCUT2D eigenvalue weighted by atomic mass is 16.2. The van der Waals surface area contributed by atoms with Crippen molar-refractivity contribution >= 4 is 5.91 Å². The molecule has 90 valence electrons. The molecule has 1 aromatic rings. The van der Waals surface area contributed by atoms with Gasteiger partial charge in [-0.15, -0.1) is 0 Å². The van der Waals surface area contributed by atoms with E-state index >= 15 is 0 Å².